The van der Waals surface area contributed by atoms with Crippen molar-refractivity contribution < 1.29 is 15.3 Å². The van der Waals surface area contributed by atoms with Crippen molar-refractivity contribution in [2.75, 3.05) is 0 Å². The van der Waals surface area contributed by atoms with E-state index in [2.05, 4.69) is 59.0 Å². The van der Waals surface area contributed by atoms with Crippen LogP contribution in [-0.4, -0.2) is 15.3 Å². The van der Waals surface area contributed by atoms with Crippen molar-refractivity contribution in [3.8, 4) is 17.2 Å². The van der Waals surface area contributed by atoms with Crippen LogP contribution in [0.3, 0.4) is 0 Å². The van der Waals surface area contributed by atoms with Crippen LogP contribution < -0.4 is 0 Å². The highest BCUT2D eigenvalue weighted by molar-refractivity contribution is 14.1. The molecule has 0 aliphatic heterocycles. The molecule has 1 unspecified atom stereocenters. The second-order valence-corrected chi connectivity index (χ2v) is 9.66. The Bertz CT molecular complexity index is 1050. The van der Waals surface area contributed by atoms with Gasteiger partial charge in [0.25, 0.3) is 0 Å². The number of halogens is 1. The quantitative estimate of drug-likeness (QED) is 0.253. The molecule has 0 bridgehead atoms. The fourth-order valence-corrected chi connectivity index (χ4v) is 5.73. The molecular weight excluding hydrogens is 499 g/mol. The molecule has 0 spiro atoms. The first-order chi connectivity index (χ1) is 14.8. The van der Waals surface area contributed by atoms with Crippen molar-refractivity contribution >= 4 is 22.6 Å². The van der Waals surface area contributed by atoms with Crippen LogP contribution in [0.5, 0.6) is 17.2 Å². The minimum Gasteiger partial charge on any atom is -0.508 e. The molecule has 3 nitrogen and oxygen atoms in total. The van der Waals surface area contributed by atoms with Crippen molar-refractivity contribution in [3.05, 3.63) is 88.0 Å². The van der Waals surface area contributed by atoms with E-state index < -0.39 is 0 Å². The summed E-state index contributed by atoms with van der Waals surface area (Å²) in [6.07, 6.45) is 4.17. The Morgan fingerprint density at radius 1 is 0.839 bits per heavy atom. The molecule has 0 radical (unpaired) electrons. The Balaban J connectivity index is 1.84. The van der Waals surface area contributed by atoms with E-state index >= 15 is 0 Å². The number of hydrogen-bond donors (Lipinski definition) is 3. The summed E-state index contributed by atoms with van der Waals surface area (Å²) in [6, 6.07) is 18.0. The number of phenolic OH excluding ortho intramolecular Hbond substituents is 3. The van der Waals surface area contributed by atoms with Gasteiger partial charge in [-0.2, -0.15) is 0 Å². The second-order valence-electron chi connectivity index (χ2n) is 8.90. The van der Waals surface area contributed by atoms with Gasteiger partial charge in [-0.1, -0.05) is 65.4 Å². The fraction of sp³-hybridized carbons (Fsp3) is 0.333. The normalized spacial score (nSPS) is 18.1. The zero-order valence-electron chi connectivity index (χ0n) is 18.0. The van der Waals surface area contributed by atoms with E-state index in [0.29, 0.717) is 23.2 Å². The van der Waals surface area contributed by atoms with E-state index in [1.54, 1.807) is 12.1 Å². The van der Waals surface area contributed by atoms with Gasteiger partial charge in [0.1, 0.15) is 17.2 Å². The number of alkyl halides is 1. The van der Waals surface area contributed by atoms with Gasteiger partial charge < -0.3 is 15.3 Å². The van der Waals surface area contributed by atoms with Crippen LogP contribution in [0.2, 0.25) is 0 Å². The van der Waals surface area contributed by atoms with Gasteiger partial charge in [-0.15, -0.1) is 0 Å². The number of aryl methyl sites for hydroxylation is 2. The Kier molecular flexibility index (Phi) is 6.20. The molecule has 0 heterocycles. The Morgan fingerprint density at radius 3 is 1.97 bits per heavy atom. The Labute approximate surface area is 197 Å². The van der Waals surface area contributed by atoms with E-state index in [0.717, 1.165) is 46.8 Å². The zero-order chi connectivity index (χ0) is 22.2. The summed E-state index contributed by atoms with van der Waals surface area (Å²) in [5.41, 5.74) is 6.26. The molecular formula is C27H29IO3. The summed E-state index contributed by atoms with van der Waals surface area (Å²) in [6.45, 7) is 3.89. The van der Waals surface area contributed by atoms with Gasteiger partial charge in [0, 0.05) is 15.4 Å². The van der Waals surface area contributed by atoms with E-state index in [9.17, 15) is 15.3 Å². The number of benzene rings is 3. The summed E-state index contributed by atoms with van der Waals surface area (Å²) >= 11 is 2.30. The van der Waals surface area contributed by atoms with Gasteiger partial charge in [-0.25, -0.2) is 0 Å². The summed E-state index contributed by atoms with van der Waals surface area (Å²) in [4.78, 5) is 0. The van der Waals surface area contributed by atoms with Crippen LogP contribution in [0.4, 0.5) is 0 Å². The van der Waals surface area contributed by atoms with Crippen molar-refractivity contribution in [3.63, 3.8) is 0 Å². The third-order valence-corrected chi connectivity index (χ3v) is 7.79. The SMILES string of the molecule is Cc1cc(C2(c3ccc(O)c(C)c3)CCCC(c3ccc(O)c(CI)c3)C2)ccc1O. The first-order valence-electron chi connectivity index (χ1n) is 10.8. The molecule has 31 heavy (non-hydrogen) atoms. The molecule has 1 fully saturated rings. The molecule has 1 atom stereocenters. The lowest BCUT2D eigenvalue weighted by Crippen LogP contribution is -2.34. The van der Waals surface area contributed by atoms with Crippen LogP contribution in [0.1, 0.15) is 65.0 Å². The standard InChI is InChI=1S/C27H29IO3/c1-17-12-22(6-9-24(17)29)27(23-7-10-25(30)18(2)13-23)11-3-4-20(15-27)19-5-8-26(31)21(14-19)16-28/h5-10,12-14,20,29-31H,3-4,11,15-16H2,1-2H3. The fourth-order valence-electron chi connectivity index (χ4n) is 5.12. The van der Waals surface area contributed by atoms with Gasteiger partial charge in [0.2, 0.25) is 0 Å². The maximum Gasteiger partial charge on any atom is 0.119 e. The second kappa shape index (κ2) is 8.73. The summed E-state index contributed by atoms with van der Waals surface area (Å²) in [5.74, 6) is 1.37. The molecule has 0 saturated heterocycles. The van der Waals surface area contributed by atoms with Crippen LogP contribution in [0.15, 0.2) is 54.6 Å². The van der Waals surface area contributed by atoms with Crippen molar-refractivity contribution in [2.45, 2.75) is 55.3 Å². The van der Waals surface area contributed by atoms with Gasteiger partial charge in [0.05, 0.1) is 0 Å². The van der Waals surface area contributed by atoms with Crippen molar-refractivity contribution in [1.82, 2.24) is 0 Å². The molecule has 162 valence electrons. The largest absolute Gasteiger partial charge is 0.508 e. The van der Waals surface area contributed by atoms with Gasteiger partial charge in [-0.3, -0.25) is 0 Å². The molecule has 0 aromatic heterocycles. The number of rotatable bonds is 4. The van der Waals surface area contributed by atoms with Crippen molar-refractivity contribution in [2.24, 2.45) is 0 Å². The molecule has 1 aliphatic carbocycles. The Hall–Kier alpha value is -2.21. The average molecular weight is 528 g/mol. The summed E-state index contributed by atoms with van der Waals surface area (Å²) < 4.78 is 0.781. The van der Waals surface area contributed by atoms with Crippen LogP contribution in [0, 0.1) is 13.8 Å². The highest BCUT2D eigenvalue weighted by atomic mass is 127. The van der Waals surface area contributed by atoms with Crippen LogP contribution in [-0.2, 0) is 9.84 Å². The highest BCUT2D eigenvalue weighted by Gasteiger charge is 2.40. The lowest BCUT2D eigenvalue weighted by atomic mass is 9.61. The van der Waals surface area contributed by atoms with E-state index in [1.165, 1.54) is 16.7 Å². The monoisotopic (exact) mass is 528 g/mol. The van der Waals surface area contributed by atoms with Crippen LogP contribution in [0.25, 0.3) is 0 Å². The molecule has 0 amide bonds. The predicted octanol–water partition coefficient (Wildman–Crippen LogP) is 7.00. The first-order valence-corrected chi connectivity index (χ1v) is 12.3. The maximum atomic E-state index is 10.2. The number of hydrogen-bond acceptors (Lipinski definition) is 3. The predicted molar refractivity (Wildman–Crippen MR) is 134 cm³/mol. The molecule has 1 aliphatic rings. The van der Waals surface area contributed by atoms with E-state index in [1.807, 2.05) is 19.9 Å². The van der Waals surface area contributed by atoms with Gasteiger partial charge in [-0.05, 0) is 85.0 Å². The topological polar surface area (TPSA) is 60.7 Å². The molecule has 4 heteroatoms. The zero-order valence-corrected chi connectivity index (χ0v) is 20.2. The molecule has 3 aromatic carbocycles. The minimum absolute atomic E-state index is 0.192. The molecule has 4 rings (SSSR count). The summed E-state index contributed by atoms with van der Waals surface area (Å²) in [7, 11) is 0. The molecule has 3 aromatic rings. The highest BCUT2D eigenvalue weighted by Crippen LogP contribution is 2.51. The van der Waals surface area contributed by atoms with Gasteiger partial charge >= 0.3 is 0 Å². The molecule has 1 saturated carbocycles. The van der Waals surface area contributed by atoms with Gasteiger partial charge in [0.15, 0.2) is 0 Å². The van der Waals surface area contributed by atoms with E-state index in [-0.39, 0.29) is 5.41 Å². The minimum atomic E-state index is -0.192. The lowest BCUT2D eigenvalue weighted by molar-refractivity contribution is 0.309. The smallest absolute Gasteiger partial charge is 0.119 e. The van der Waals surface area contributed by atoms with Crippen molar-refractivity contribution in [1.29, 1.82) is 0 Å². The average Bonchev–Trinajstić information content (AvgIpc) is 2.77. The number of phenols is 3. The van der Waals surface area contributed by atoms with Crippen LogP contribution >= 0.6 is 22.6 Å². The Morgan fingerprint density at radius 2 is 1.42 bits per heavy atom. The van der Waals surface area contributed by atoms with E-state index in [4.69, 9.17) is 0 Å². The first kappa shape index (κ1) is 22.0. The maximum absolute atomic E-state index is 10.2. The third kappa shape index (κ3) is 4.14. The lowest BCUT2D eigenvalue weighted by Gasteiger charge is -2.43. The molecule has 3 N–H and O–H groups in total. The summed E-state index contributed by atoms with van der Waals surface area (Å²) in [5, 5.41) is 30.4. The third-order valence-electron chi connectivity index (χ3n) is 6.97. The number of aromatic hydroxyl groups is 3.